The van der Waals surface area contributed by atoms with E-state index < -0.39 is 16.6 Å². The summed E-state index contributed by atoms with van der Waals surface area (Å²) in [5, 5.41) is 3.25. The molecule has 0 spiro atoms. The predicted molar refractivity (Wildman–Crippen MR) is 114 cm³/mol. The van der Waals surface area contributed by atoms with Crippen molar-refractivity contribution < 1.29 is 26.7 Å². The van der Waals surface area contributed by atoms with Crippen LogP contribution in [-0.4, -0.2) is 48.3 Å². The third-order valence-corrected chi connectivity index (χ3v) is 5.96. The highest BCUT2D eigenvalue weighted by atomic mass is 35.5. The van der Waals surface area contributed by atoms with Crippen molar-refractivity contribution in [3.63, 3.8) is 0 Å². The third-order valence-electron chi connectivity index (χ3n) is 4.60. The highest BCUT2D eigenvalue weighted by Gasteiger charge is 2.21. The van der Waals surface area contributed by atoms with Crippen LogP contribution < -0.4 is 24.4 Å². The number of methoxy groups -OCH3 is 1. The molecule has 2 aromatic carbocycles. The number of anilines is 2. The Morgan fingerprint density at radius 1 is 1.13 bits per heavy atom. The zero-order valence-corrected chi connectivity index (χ0v) is 18.2. The van der Waals surface area contributed by atoms with Crippen LogP contribution in [0.3, 0.4) is 0 Å². The number of hydrogen-bond donors (Lipinski definition) is 2. The number of benzene rings is 2. The molecule has 2 aromatic rings. The first-order valence-electron chi connectivity index (χ1n) is 9.02. The number of nitrogens with one attached hydrogen (secondary N) is 2. The van der Waals surface area contributed by atoms with E-state index in [4.69, 9.17) is 4.74 Å². The van der Waals surface area contributed by atoms with Crippen molar-refractivity contribution >= 4 is 33.8 Å². The Morgan fingerprint density at radius 3 is 2.47 bits per heavy atom. The van der Waals surface area contributed by atoms with Crippen LogP contribution in [0, 0.1) is 6.92 Å². The Labute approximate surface area is 180 Å². The van der Waals surface area contributed by atoms with Crippen LogP contribution in [0.1, 0.15) is 5.56 Å². The van der Waals surface area contributed by atoms with Crippen LogP contribution in [0.25, 0.3) is 0 Å². The molecule has 0 amide bonds. The summed E-state index contributed by atoms with van der Waals surface area (Å²) in [5.74, 6) is 0.453. The lowest BCUT2D eigenvalue weighted by Gasteiger charge is -2.30. The molecule has 2 N–H and O–H groups in total. The highest BCUT2D eigenvalue weighted by Crippen LogP contribution is 2.32. The Morgan fingerprint density at radius 2 is 1.83 bits per heavy atom. The summed E-state index contributed by atoms with van der Waals surface area (Å²) in [7, 11) is -2.43. The molecule has 0 radical (unpaired) electrons. The fraction of sp³-hybridized carbons (Fsp3) is 0.368. The van der Waals surface area contributed by atoms with Gasteiger partial charge in [0, 0.05) is 32.2 Å². The molecule has 1 aliphatic rings. The SMILES string of the molecule is COc1ccc(S(=O)(=O)Nc2cc(OC(F)F)ccc2C)cc1N1CCNCC1.Cl. The second kappa shape index (κ2) is 10.1. The lowest BCUT2D eigenvalue weighted by molar-refractivity contribution is -0.0498. The molecule has 30 heavy (non-hydrogen) atoms. The molecule has 0 unspecified atom stereocenters. The number of alkyl halides is 2. The number of piperazine rings is 1. The minimum absolute atomic E-state index is 0. The molecule has 0 saturated carbocycles. The predicted octanol–water partition coefficient (Wildman–Crippen LogP) is 3.24. The van der Waals surface area contributed by atoms with Crippen LogP contribution >= 0.6 is 12.4 Å². The van der Waals surface area contributed by atoms with Gasteiger partial charge in [-0.25, -0.2) is 8.42 Å². The van der Waals surface area contributed by atoms with Gasteiger partial charge in [0.25, 0.3) is 10.0 Å². The molecule has 0 aromatic heterocycles. The number of halogens is 3. The normalized spacial score (nSPS) is 14.2. The van der Waals surface area contributed by atoms with Gasteiger partial charge in [-0.05, 0) is 36.8 Å². The molecule has 0 aliphatic carbocycles. The van der Waals surface area contributed by atoms with Crippen molar-refractivity contribution in [2.75, 3.05) is 42.9 Å². The maximum absolute atomic E-state index is 13.0. The summed E-state index contributed by atoms with van der Waals surface area (Å²) in [6, 6.07) is 8.71. The minimum atomic E-state index is -3.96. The largest absolute Gasteiger partial charge is 0.495 e. The Kier molecular flexibility index (Phi) is 8.10. The van der Waals surface area contributed by atoms with Crippen LogP contribution in [-0.2, 0) is 10.0 Å². The molecule has 1 fully saturated rings. The van der Waals surface area contributed by atoms with E-state index in [0.29, 0.717) is 17.0 Å². The second-order valence-corrected chi connectivity index (χ2v) is 8.21. The van der Waals surface area contributed by atoms with Gasteiger partial charge < -0.3 is 19.7 Å². The Bertz CT molecular complexity index is 970. The number of rotatable bonds is 7. The van der Waals surface area contributed by atoms with Crippen LogP contribution in [0.2, 0.25) is 0 Å². The van der Waals surface area contributed by atoms with Gasteiger partial charge in [0.15, 0.2) is 0 Å². The first-order valence-corrected chi connectivity index (χ1v) is 10.5. The van der Waals surface area contributed by atoms with Crippen molar-refractivity contribution in [1.82, 2.24) is 5.32 Å². The van der Waals surface area contributed by atoms with E-state index in [9.17, 15) is 17.2 Å². The molecule has 7 nitrogen and oxygen atoms in total. The van der Waals surface area contributed by atoms with Gasteiger partial charge >= 0.3 is 6.61 Å². The molecular weight excluding hydrogens is 440 g/mol. The first-order chi connectivity index (χ1) is 13.8. The zero-order chi connectivity index (χ0) is 21.0. The monoisotopic (exact) mass is 463 g/mol. The topological polar surface area (TPSA) is 79.9 Å². The molecular formula is C19H24ClF2N3O4S. The van der Waals surface area contributed by atoms with Gasteiger partial charge in [0.2, 0.25) is 0 Å². The van der Waals surface area contributed by atoms with Crippen LogP contribution in [0.15, 0.2) is 41.3 Å². The average Bonchev–Trinajstić information content (AvgIpc) is 2.70. The molecule has 0 bridgehead atoms. The Hall–Kier alpha value is -2.30. The van der Waals surface area contributed by atoms with Gasteiger partial charge in [0.1, 0.15) is 11.5 Å². The smallest absolute Gasteiger partial charge is 0.387 e. The number of hydrogen-bond acceptors (Lipinski definition) is 6. The standard InChI is InChI=1S/C19H23F2N3O4S.ClH/c1-13-3-4-14(28-19(20)21)11-16(13)23-29(25,26)15-5-6-18(27-2)17(12-15)24-9-7-22-8-10-24;/h3-6,11-12,19,22-23H,7-10H2,1-2H3;1H. The van der Waals surface area contributed by atoms with Gasteiger partial charge in [-0.3, -0.25) is 4.72 Å². The number of sulfonamides is 1. The summed E-state index contributed by atoms with van der Waals surface area (Å²) >= 11 is 0. The Balaban J connectivity index is 0.00000320. The zero-order valence-electron chi connectivity index (χ0n) is 16.5. The minimum Gasteiger partial charge on any atom is -0.495 e. The van der Waals surface area contributed by atoms with Crippen molar-refractivity contribution in [1.29, 1.82) is 0 Å². The molecule has 11 heteroatoms. The van der Waals surface area contributed by atoms with Gasteiger partial charge in [-0.1, -0.05) is 6.07 Å². The number of aryl methyl sites for hydroxylation is 1. The summed E-state index contributed by atoms with van der Waals surface area (Å²) in [5.41, 5.74) is 1.43. The molecule has 1 saturated heterocycles. The van der Waals surface area contributed by atoms with E-state index in [1.54, 1.807) is 19.1 Å². The van der Waals surface area contributed by atoms with Gasteiger partial charge in [-0.15, -0.1) is 12.4 Å². The summed E-state index contributed by atoms with van der Waals surface area (Å²) in [6.45, 7) is 1.69. The van der Waals surface area contributed by atoms with E-state index in [-0.39, 0.29) is 28.7 Å². The fourth-order valence-electron chi connectivity index (χ4n) is 3.08. The lowest BCUT2D eigenvalue weighted by atomic mass is 10.2. The van der Waals surface area contributed by atoms with Crippen molar-refractivity contribution in [2.24, 2.45) is 0 Å². The molecule has 166 valence electrons. The van der Waals surface area contributed by atoms with E-state index in [1.165, 1.54) is 31.4 Å². The van der Waals surface area contributed by atoms with E-state index in [1.807, 2.05) is 0 Å². The van der Waals surface area contributed by atoms with Gasteiger partial charge in [-0.2, -0.15) is 8.78 Å². The van der Waals surface area contributed by atoms with E-state index in [2.05, 4.69) is 19.7 Å². The number of ether oxygens (including phenoxy) is 2. The third kappa shape index (κ3) is 5.65. The van der Waals surface area contributed by atoms with E-state index >= 15 is 0 Å². The first kappa shape index (κ1) is 24.0. The summed E-state index contributed by atoms with van der Waals surface area (Å²) in [4.78, 5) is 2.10. The van der Waals surface area contributed by atoms with Crippen LogP contribution in [0.5, 0.6) is 11.5 Å². The maximum Gasteiger partial charge on any atom is 0.387 e. The molecule has 1 heterocycles. The molecule has 1 aliphatic heterocycles. The summed E-state index contributed by atoms with van der Waals surface area (Å²) < 4.78 is 63.0. The lowest BCUT2D eigenvalue weighted by Crippen LogP contribution is -2.43. The number of nitrogens with zero attached hydrogens (tertiary/aromatic N) is 1. The van der Waals surface area contributed by atoms with Gasteiger partial charge in [0.05, 0.1) is 23.4 Å². The maximum atomic E-state index is 13.0. The highest BCUT2D eigenvalue weighted by molar-refractivity contribution is 7.92. The van der Waals surface area contributed by atoms with Crippen molar-refractivity contribution in [3.8, 4) is 11.5 Å². The summed E-state index contributed by atoms with van der Waals surface area (Å²) in [6.07, 6.45) is 0. The molecule has 0 atom stereocenters. The fourth-order valence-corrected chi connectivity index (χ4v) is 4.22. The van der Waals surface area contributed by atoms with Crippen LogP contribution in [0.4, 0.5) is 20.2 Å². The quantitative estimate of drug-likeness (QED) is 0.656. The second-order valence-electron chi connectivity index (χ2n) is 6.53. The average molecular weight is 464 g/mol. The molecule has 3 rings (SSSR count). The van der Waals surface area contributed by atoms with E-state index in [0.717, 1.165) is 26.2 Å². The van der Waals surface area contributed by atoms with Crippen molar-refractivity contribution in [2.45, 2.75) is 18.4 Å². The van der Waals surface area contributed by atoms with Crippen molar-refractivity contribution in [3.05, 3.63) is 42.0 Å².